The summed E-state index contributed by atoms with van der Waals surface area (Å²) in [5, 5.41) is 11.3. The SMILES string of the molecule is O=C(O)[C@@H]1CN(C(=O)Cc2csc(-c3ccccn3)n2)C[C@H]1C(F)(F)F. The third-order valence-electron chi connectivity index (χ3n) is 4.18. The molecule has 1 fully saturated rings. The summed E-state index contributed by atoms with van der Waals surface area (Å²) in [5.74, 6) is -5.81. The average molecular weight is 385 g/mol. The van der Waals surface area contributed by atoms with Crippen LogP contribution in [0, 0.1) is 11.8 Å². The fourth-order valence-corrected chi connectivity index (χ4v) is 3.65. The molecule has 0 spiro atoms. The van der Waals surface area contributed by atoms with Crippen LogP contribution in [0.4, 0.5) is 13.2 Å². The molecule has 0 aliphatic carbocycles. The van der Waals surface area contributed by atoms with E-state index in [0.29, 0.717) is 16.4 Å². The topological polar surface area (TPSA) is 83.4 Å². The van der Waals surface area contributed by atoms with Crippen molar-refractivity contribution in [1.29, 1.82) is 0 Å². The lowest BCUT2D eigenvalue weighted by atomic mass is 9.96. The van der Waals surface area contributed by atoms with Gasteiger partial charge in [0.05, 0.1) is 29.6 Å². The molecule has 1 aliphatic rings. The van der Waals surface area contributed by atoms with Gasteiger partial charge in [-0.3, -0.25) is 14.6 Å². The van der Waals surface area contributed by atoms with Gasteiger partial charge in [-0.1, -0.05) is 6.07 Å². The van der Waals surface area contributed by atoms with E-state index in [0.717, 1.165) is 4.90 Å². The van der Waals surface area contributed by atoms with Crippen molar-refractivity contribution in [3.05, 3.63) is 35.5 Å². The summed E-state index contributed by atoms with van der Waals surface area (Å²) < 4.78 is 39.0. The van der Waals surface area contributed by atoms with Gasteiger partial charge in [-0.05, 0) is 12.1 Å². The molecule has 3 rings (SSSR count). The van der Waals surface area contributed by atoms with E-state index in [1.54, 1.807) is 29.8 Å². The lowest BCUT2D eigenvalue weighted by Gasteiger charge is -2.18. The number of rotatable bonds is 4. The normalized spacial score (nSPS) is 20.3. The smallest absolute Gasteiger partial charge is 0.394 e. The highest BCUT2D eigenvalue weighted by atomic mass is 32.1. The summed E-state index contributed by atoms with van der Waals surface area (Å²) in [4.78, 5) is 32.8. The number of carboxylic acid groups (broad SMARTS) is 1. The zero-order chi connectivity index (χ0) is 18.9. The molecule has 1 N–H and O–H groups in total. The van der Waals surface area contributed by atoms with Gasteiger partial charge >= 0.3 is 12.1 Å². The number of carbonyl (C=O) groups is 2. The van der Waals surface area contributed by atoms with Gasteiger partial charge in [0.1, 0.15) is 5.01 Å². The quantitative estimate of drug-likeness (QED) is 0.874. The minimum absolute atomic E-state index is 0.180. The molecule has 2 aromatic heterocycles. The zero-order valence-corrected chi connectivity index (χ0v) is 14.1. The molecular formula is C16H14F3N3O3S. The largest absolute Gasteiger partial charge is 0.481 e. The summed E-state index contributed by atoms with van der Waals surface area (Å²) >= 11 is 1.28. The first-order valence-corrected chi connectivity index (χ1v) is 8.56. The Bertz CT molecular complexity index is 810. The van der Waals surface area contributed by atoms with Gasteiger partial charge in [0.15, 0.2) is 0 Å². The van der Waals surface area contributed by atoms with Crippen molar-refractivity contribution in [1.82, 2.24) is 14.9 Å². The van der Waals surface area contributed by atoms with E-state index in [-0.39, 0.29) is 6.42 Å². The Morgan fingerprint density at radius 2 is 2.08 bits per heavy atom. The molecule has 0 unspecified atom stereocenters. The molecule has 0 bridgehead atoms. The number of carboxylic acids is 1. The highest BCUT2D eigenvalue weighted by Crippen LogP contribution is 2.38. The molecule has 138 valence electrons. The van der Waals surface area contributed by atoms with E-state index in [1.807, 2.05) is 0 Å². The number of halogens is 3. The van der Waals surface area contributed by atoms with Crippen molar-refractivity contribution in [3.63, 3.8) is 0 Å². The van der Waals surface area contributed by atoms with Crippen molar-refractivity contribution in [2.75, 3.05) is 13.1 Å². The first-order valence-electron chi connectivity index (χ1n) is 7.69. The summed E-state index contributed by atoms with van der Waals surface area (Å²) in [6, 6.07) is 5.31. The van der Waals surface area contributed by atoms with Crippen LogP contribution in [0.5, 0.6) is 0 Å². The van der Waals surface area contributed by atoms with Crippen LogP contribution in [0.3, 0.4) is 0 Å². The predicted octanol–water partition coefficient (Wildman–Crippen LogP) is 2.47. The van der Waals surface area contributed by atoms with Crippen LogP contribution in [0.1, 0.15) is 5.69 Å². The molecule has 1 aliphatic heterocycles. The van der Waals surface area contributed by atoms with Gasteiger partial charge in [0.2, 0.25) is 5.91 Å². The second kappa shape index (κ2) is 7.02. The highest BCUT2D eigenvalue weighted by molar-refractivity contribution is 7.13. The van der Waals surface area contributed by atoms with Gasteiger partial charge in [-0.2, -0.15) is 13.2 Å². The number of amides is 1. The molecule has 1 saturated heterocycles. The molecule has 2 aromatic rings. The first-order chi connectivity index (χ1) is 12.3. The first kappa shape index (κ1) is 18.3. The van der Waals surface area contributed by atoms with Gasteiger partial charge < -0.3 is 10.0 Å². The second-order valence-corrected chi connectivity index (χ2v) is 6.79. The summed E-state index contributed by atoms with van der Waals surface area (Å²) in [6.07, 6.45) is -3.24. The molecule has 6 nitrogen and oxygen atoms in total. The van der Waals surface area contributed by atoms with Crippen LogP contribution < -0.4 is 0 Å². The lowest BCUT2D eigenvalue weighted by Crippen LogP contribution is -2.34. The van der Waals surface area contributed by atoms with Crippen LogP contribution >= 0.6 is 11.3 Å². The van der Waals surface area contributed by atoms with Crippen LogP contribution in [0.15, 0.2) is 29.8 Å². The predicted molar refractivity (Wildman–Crippen MR) is 86.3 cm³/mol. The Labute approximate surface area is 150 Å². The van der Waals surface area contributed by atoms with Gasteiger partial charge in [0, 0.05) is 24.7 Å². The monoisotopic (exact) mass is 385 g/mol. The summed E-state index contributed by atoms with van der Waals surface area (Å²) in [6.45, 7) is -1.09. The number of likely N-dealkylation sites (tertiary alicyclic amines) is 1. The molecule has 26 heavy (non-hydrogen) atoms. The van der Waals surface area contributed by atoms with Crippen molar-refractivity contribution >= 4 is 23.2 Å². The van der Waals surface area contributed by atoms with Crippen LogP contribution in [0.25, 0.3) is 10.7 Å². The standard InChI is InChI=1S/C16H14F3N3O3S/c17-16(18,19)11-7-22(6-10(11)15(24)25)13(23)5-9-8-26-14(21-9)12-3-1-2-4-20-12/h1-4,8,10-11H,5-7H2,(H,24,25)/t10-,11-/m1/s1. The maximum atomic E-state index is 13.0. The van der Waals surface area contributed by atoms with Gasteiger partial charge in [-0.15, -0.1) is 11.3 Å². The Balaban J connectivity index is 1.69. The Morgan fingerprint density at radius 1 is 1.31 bits per heavy atom. The molecule has 10 heteroatoms. The molecular weight excluding hydrogens is 371 g/mol. The molecule has 0 radical (unpaired) electrons. The number of pyridine rings is 1. The Morgan fingerprint density at radius 3 is 2.65 bits per heavy atom. The number of carbonyl (C=O) groups excluding carboxylic acids is 1. The second-order valence-electron chi connectivity index (χ2n) is 5.93. The number of aromatic nitrogens is 2. The fourth-order valence-electron chi connectivity index (χ4n) is 2.85. The lowest BCUT2D eigenvalue weighted by molar-refractivity contribution is -0.188. The van der Waals surface area contributed by atoms with E-state index >= 15 is 0 Å². The summed E-state index contributed by atoms with van der Waals surface area (Å²) in [5.41, 5.74) is 1.06. The third kappa shape index (κ3) is 3.85. The average Bonchev–Trinajstić information content (AvgIpc) is 3.22. The van der Waals surface area contributed by atoms with E-state index in [2.05, 4.69) is 9.97 Å². The Hall–Kier alpha value is -2.49. The minimum atomic E-state index is -4.66. The Kier molecular flexibility index (Phi) is 4.94. The maximum absolute atomic E-state index is 13.0. The minimum Gasteiger partial charge on any atom is -0.481 e. The number of aliphatic carboxylic acids is 1. The van der Waals surface area contributed by atoms with Crippen LogP contribution in [0.2, 0.25) is 0 Å². The number of hydrogen-bond acceptors (Lipinski definition) is 5. The zero-order valence-electron chi connectivity index (χ0n) is 13.3. The maximum Gasteiger partial charge on any atom is 0.394 e. The van der Waals surface area contributed by atoms with Gasteiger partial charge in [-0.25, -0.2) is 4.98 Å². The fraction of sp³-hybridized carbons (Fsp3) is 0.375. The van der Waals surface area contributed by atoms with Crippen LogP contribution in [-0.4, -0.2) is 51.1 Å². The number of nitrogens with zero attached hydrogens (tertiary/aromatic N) is 3. The van der Waals surface area contributed by atoms with Crippen molar-refractivity contribution < 1.29 is 27.9 Å². The molecule has 0 aromatic carbocycles. The summed E-state index contributed by atoms with van der Waals surface area (Å²) in [7, 11) is 0. The van der Waals surface area contributed by atoms with E-state index in [9.17, 15) is 22.8 Å². The molecule has 3 heterocycles. The number of hydrogen-bond donors (Lipinski definition) is 1. The molecule has 1 amide bonds. The number of thiazole rings is 1. The van der Waals surface area contributed by atoms with Crippen molar-refractivity contribution in [3.8, 4) is 10.7 Å². The van der Waals surface area contributed by atoms with E-state index in [1.165, 1.54) is 11.3 Å². The van der Waals surface area contributed by atoms with Crippen molar-refractivity contribution in [2.24, 2.45) is 11.8 Å². The third-order valence-corrected chi connectivity index (χ3v) is 5.09. The van der Waals surface area contributed by atoms with E-state index < -0.39 is 43.0 Å². The highest BCUT2D eigenvalue weighted by Gasteiger charge is 2.53. The van der Waals surface area contributed by atoms with Crippen LogP contribution in [-0.2, 0) is 16.0 Å². The van der Waals surface area contributed by atoms with Gasteiger partial charge in [0.25, 0.3) is 0 Å². The van der Waals surface area contributed by atoms with E-state index in [4.69, 9.17) is 5.11 Å². The number of alkyl halides is 3. The molecule has 0 saturated carbocycles. The molecule has 2 atom stereocenters. The van der Waals surface area contributed by atoms with Crippen molar-refractivity contribution in [2.45, 2.75) is 12.6 Å².